The summed E-state index contributed by atoms with van der Waals surface area (Å²) >= 11 is 8.45. The van der Waals surface area contributed by atoms with E-state index < -0.39 is 10.8 Å². The molecule has 0 unspecified atom stereocenters. The van der Waals surface area contributed by atoms with Crippen molar-refractivity contribution in [2.24, 2.45) is 0 Å². The summed E-state index contributed by atoms with van der Waals surface area (Å²) in [5.41, 5.74) is 0.710. The number of hydrogen-bond donors (Lipinski definition) is 2. The van der Waals surface area contributed by atoms with E-state index in [0.29, 0.717) is 28.1 Å². The monoisotopic (exact) mass is 515 g/mol. The first-order chi connectivity index (χ1) is 15.4. The number of carbonyl (C=O) groups is 1. The fraction of sp³-hybridized carbons (Fsp3) is 0.0909. The smallest absolute Gasteiger partial charge is 0.270 e. The van der Waals surface area contributed by atoms with E-state index in [1.165, 1.54) is 18.2 Å². The summed E-state index contributed by atoms with van der Waals surface area (Å²) in [6.07, 6.45) is 0. The zero-order valence-corrected chi connectivity index (χ0v) is 19.0. The average molecular weight is 516 g/mol. The first-order valence-corrected chi connectivity index (χ1v) is 10.6. The van der Waals surface area contributed by atoms with E-state index in [1.54, 1.807) is 24.3 Å². The van der Waals surface area contributed by atoms with Gasteiger partial charge in [0, 0.05) is 16.6 Å². The summed E-state index contributed by atoms with van der Waals surface area (Å²) in [5, 5.41) is 16.3. The highest BCUT2D eigenvalue weighted by Crippen LogP contribution is 2.27. The highest BCUT2D eigenvalue weighted by Gasteiger charge is 2.15. The molecule has 0 heterocycles. The van der Waals surface area contributed by atoms with E-state index in [0.717, 1.165) is 5.75 Å². The number of nitro benzene ring substituents is 1. The number of anilines is 1. The molecular weight excluding hydrogens is 498 g/mol. The summed E-state index contributed by atoms with van der Waals surface area (Å²) in [6.45, 7) is 0.561. The highest BCUT2D eigenvalue weighted by molar-refractivity contribution is 9.10. The van der Waals surface area contributed by atoms with Crippen LogP contribution in [0, 0.1) is 10.1 Å². The Morgan fingerprint density at radius 3 is 2.41 bits per heavy atom. The van der Waals surface area contributed by atoms with Crippen LogP contribution in [0.2, 0.25) is 0 Å². The number of nitrogens with one attached hydrogen (secondary N) is 2. The maximum absolute atomic E-state index is 12.7. The van der Waals surface area contributed by atoms with Crippen LogP contribution in [0.25, 0.3) is 0 Å². The van der Waals surface area contributed by atoms with Crippen LogP contribution < -0.4 is 20.1 Å². The summed E-state index contributed by atoms with van der Waals surface area (Å²) < 4.78 is 11.7. The van der Waals surface area contributed by atoms with E-state index in [1.807, 2.05) is 30.3 Å². The molecule has 3 rings (SSSR count). The SMILES string of the molecule is O=C(NC(=S)Nc1ccc([N+](=O)[O-])cc1Br)c1ccccc1OCCOc1ccccc1. The lowest BCUT2D eigenvalue weighted by molar-refractivity contribution is -0.384. The van der Waals surface area contributed by atoms with Crippen LogP contribution in [0.3, 0.4) is 0 Å². The molecule has 32 heavy (non-hydrogen) atoms. The van der Waals surface area contributed by atoms with E-state index in [-0.39, 0.29) is 17.4 Å². The Labute approximate surface area is 197 Å². The molecule has 0 bridgehead atoms. The zero-order chi connectivity index (χ0) is 22.9. The van der Waals surface area contributed by atoms with Crippen molar-refractivity contribution >= 4 is 50.5 Å². The van der Waals surface area contributed by atoms with Gasteiger partial charge < -0.3 is 14.8 Å². The number of ether oxygens (including phenoxy) is 2. The molecule has 8 nitrogen and oxygen atoms in total. The second-order valence-corrected chi connectivity index (χ2v) is 7.60. The minimum atomic E-state index is -0.504. The first kappa shape index (κ1) is 23.2. The quantitative estimate of drug-likeness (QED) is 0.189. The van der Waals surface area contributed by atoms with Gasteiger partial charge in [0.25, 0.3) is 11.6 Å². The molecule has 164 valence electrons. The van der Waals surface area contributed by atoms with Gasteiger partial charge >= 0.3 is 0 Å². The molecule has 3 aromatic rings. The predicted molar refractivity (Wildman–Crippen MR) is 128 cm³/mol. The number of halogens is 1. The van der Waals surface area contributed by atoms with Gasteiger partial charge in [0.2, 0.25) is 0 Å². The standard InChI is InChI=1S/C22H18BrN3O5S/c23-18-14-15(26(28)29)10-11-19(18)24-22(32)25-21(27)17-8-4-5-9-20(17)31-13-12-30-16-6-2-1-3-7-16/h1-11,14H,12-13H2,(H2,24,25,27,32). The predicted octanol–water partition coefficient (Wildman–Crippen LogP) is 4.94. The molecule has 3 aromatic carbocycles. The Bertz CT molecular complexity index is 1130. The molecule has 0 spiro atoms. The topological polar surface area (TPSA) is 103 Å². The molecule has 0 aliphatic heterocycles. The van der Waals surface area contributed by atoms with Crippen LogP contribution in [-0.2, 0) is 0 Å². The number of nitro groups is 1. The minimum absolute atomic E-state index is 0.0340. The second kappa shape index (κ2) is 11.2. The van der Waals surface area contributed by atoms with Crippen molar-refractivity contribution in [3.05, 3.63) is 92.9 Å². The Morgan fingerprint density at radius 1 is 1.00 bits per heavy atom. The molecule has 0 saturated carbocycles. The van der Waals surface area contributed by atoms with Gasteiger partial charge in [-0.2, -0.15) is 0 Å². The summed E-state index contributed by atoms with van der Waals surface area (Å²) in [6, 6.07) is 20.3. The van der Waals surface area contributed by atoms with Gasteiger partial charge in [-0.15, -0.1) is 0 Å². The number of nitrogens with zero attached hydrogens (tertiary/aromatic N) is 1. The molecule has 2 N–H and O–H groups in total. The lowest BCUT2D eigenvalue weighted by Crippen LogP contribution is -2.34. The number of hydrogen-bond acceptors (Lipinski definition) is 6. The van der Waals surface area contributed by atoms with Gasteiger partial charge in [0.05, 0.1) is 16.2 Å². The number of rotatable bonds is 8. The van der Waals surface area contributed by atoms with Gasteiger partial charge in [0.1, 0.15) is 24.7 Å². The molecule has 10 heteroatoms. The van der Waals surface area contributed by atoms with E-state index in [2.05, 4.69) is 26.6 Å². The van der Waals surface area contributed by atoms with E-state index in [4.69, 9.17) is 21.7 Å². The maximum atomic E-state index is 12.7. The Balaban J connectivity index is 1.56. The van der Waals surface area contributed by atoms with Gasteiger partial charge in [-0.1, -0.05) is 30.3 Å². The van der Waals surface area contributed by atoms with Crippen LogP contribution in [0.4, 0.5) is 11.4 Å². The Kier molecular flexibility index (Phi) is 8.12. The number of amides is 1. The Hall–Kier alpha value is -3.50. The fourth-order valence-electron chi connectivity index (χ4n) is 2.65. The third-order valence-corrected chi connectivity index (χ3v) is 4.98. The third-order valence-electron chi connectivity index (χ3n) is 4.12. The van der Waals surface area contributed by atoms with Gasteiger partial charge in [0.15, 0.2) is 5.11 Å². The van der Waals surface area contributed by atoms with Crippen molar-refractivity contribution in [1.29, 1.82) is 0 Å². The van der Waals surface area contributed by atoms with Crippen LogP contribution in [0.1, 0.15) is 10.4 Å². The normalized spacial score (nSPS) is 10.2. The summed E-state index contributed by atoms with van der Waals surface area (Å²) in [7, 11) is 0. The van der Waals surface area contributed by atoms with Crippen molar-refractivity contribution < 1.29 is 19.2 Å². The van der Waals surface area contributed by atoms with Crippen LogP contribution in [0.15, 0.2) is 77.3 Å². The number of benzene rings is 3. The fourth-order valence-corrected chi connectivity index (χ4v) is 3.32. The summed E-state index contributed by atoms with van der Waals surface area (Å²) in [4.78, 5) is 23.0. The van der Waals surface area contributed by atoms with Crippen LogP contribution in [0.5, 0.6) is 11.5 Å². The lowest BCUT2D eigenvalue weighted by Gasteiger charge is -2.14. The number of para-hydroxylation sites is 2. The van der Waals surface area contributed by atoms with Crippen molar-refractivity contribution in [3.63, 3.8) is 0 Å². The second-order valence-electron chi connectivity index (χ2n) is 6.34. The molecule has 0 aliphatic carbocycles. The Morgan fingerprint density at radius 2 is 1.69 bits per heavy atom. The molecule has 0 aliphatic rings. The maximum Gasteiger partial charge on any atom is 0.270 e. The minimum Gasteiger partial charge on any atom is -0.490 e. The van der Waals surface area contributed by atoms with Gasteiger partial charge in [-0.3, -0.25) is 20.2 Å². The summed E-state index contributed by atoms with van der Waals surface area (Å²) in [5.74, 6) is 0.664. The number of carbonyl (C=O) groups excluding carboxylic acids is 1. The molecule has 1 amide bonds. The molecule has 0 radical (unpaired) electrons. The molecule has 0 aromatic heterocycles. The molecule has 0 saturated heterocycles. The zero-order valence-electron chi connectivity index (χ0n) is 16.6. The third kappa shape index (κ3) is 6.50. The van der Waals surface area contributed by atoms with Crippen LogP contribution >= 0.6 is 28.1 Å². The molecule has 0 atom stereocenters. The van der Waals surface area contributed by atoms with Crippen LogP contribution in [-0.4, -0.2) is 29.2 Å². The van der Waals surface area contributed by atoms with Crippen molar-refractivity contribution in [2.75, 3.05) is 18.5 Å². The molecular formula is C22H18BrN3O5S. The van der Waals surface area contributed by atoms with Crippen molar-refractivity contribution in [2.45, 2.75) is 0 Å². The first-order valence-electron chi connectivity index (χ1n) is 9.40. The van der Waals surface area contributed by atoms with E-state index >= 15 is 0 Å². The number of thiocarbonyl (C=S) groups is 1. The average Bonchev–Trinajstić information content (AvgIpc) is 2.79. The molecule has 0 fully saturated rings. The lowest BCUT2D eigenvalue weighted by atomic mass is 10.2. The van der Waals surface area contributed by atoms with Gasteiger partial charge in [-0.25, -0.2) is 0 Å². The van der Waals surface area contributed by atoms with Crippen molar-refractivity contribution in [3.8, 4) is 11.5 Å². The largest absolute Gasteiger partial charge is 0.490 e. The van der Waals surface area contributed by atoms with Crippen molar-refractivity contribution in [1.82, 2.24) is 5.32 Å². The highest BCUT2D eigenvalue weighted by atomic mass is 79.9. The van der Waals surface area contributed by atoms with E-state index in [9.17, 15) is 14.9 Å². The van der Waals surface area contributed by atoms with Gasteiger partial charge in [-0.05, 0) is 58.5 Å². The number of non-ortho nitro benzene ring substituents is 1.